The SMILES string of the molecule is F[C@@H]1CC[C@H](n2c(Cc3ccon3)nc3cnc4ccc(Br)cc4c32)C1.O=CO. The van der Waals surface area contributed by atoms with Crippen molar-refractivity contribution >= 4 is 44.3 Å². The summed E-state index contributed by atoms with van der Waals surface area (Å²) < 4.78 is 22.1. The zero-order chi connectivity index (χ0) is 20.4. The van der Waals surface area contributed by atoms with E-state index < -0.39 is 6.17 Å². The van der Waals surface area contributed by atoms with E-state index in [1.807, 2.05) is 18.2 Å². The first-order valence-corrected chi connectivity index (χ1v) is 9.96. The van der Waals surface area contributed by atoms with Crippen molar-refractivity contribution in [1.82, 2.24) is 19.7 Å². The molecular weight excluding hydrogens is 443 g/mol. The summed E-state index contributed by atoms with van der Waals surface area (Å²) in [5.41, 5.74) is 3.57. The van der Waals surface area contributed by atoms with E-state index in [-0.39, 0.29) is 12.5 Å². The molecule has 1 saturated carbocycles. The quantitative estimate of drug-likeness (QED) is 0.445. The molecule has 0 aliphatic heterocycles. The number of fused-ring (bicyclic) bond motifs is 3. The Balaban J connectivity index is 0.000000645. The molecule has 0 radical (unpaired) electrons. The lowest BCUT2D eigenvalue weighted by Crippen LogP contribution is -2.11. The van der Waals surface area contributed by atoms with Gasteiger partial charge < -0.3 is 14.2 Å². The first-order valence-electron chi connectivity index (χ1n) is 9.17. The largest absolute Gasteiger partial charge is 0.483 e. The van der Waals surface area contributed by atoms with Crippen LogP contribution in [0.1, 0.15) is 36.8 Å². The first-order chi connectivity index (χ1) is 14.1. The van der Waals surface area contributed by atoms with Crippen molar-refractivity contribution in [3.05, 3.63) is 52.7 Å². The van der Waals surface area contributed by atoms with Crippen molar-refractivity contribution in [2.24, 2.45) is 0 Å². The third kappa shape index (κ3) is 3.87. The highest BCUT2D eigenvalue weighted by Gasteiger charge is 2.29. The number of carbonyl (C=O) groups is 1. The number of nitrogens with zero attached hydrogens (tertiary/aromatic N) is 4. The predicted molar refractivity (Wildman–Crippen MR) is 109 cm³/mol. The Morgan fingerprint density at radius 1 is 1.31 bits per heavy atom. The van der Waals surface area contributed by atoms with Gasteiger partial charge in [0, 0.05) is 22.0 Å². The van der Waals surface area contributed by atoms with E-state index in [1.54, 1.807) is 12.5 Å². The standard InChI is InChI=1S/C19H16BrFN4O.CH2O2/c20-11-1-4-16-15(7-11)19-17(10-22-16)23-18(9-13-5-6-26-24-13)25(19)14-3-2-12(21)8-14;2-1-3/h1,4-7,10,12,14H,2-3,8-9H2;1H,(H,2,3)/t12-,14+;/m1./s1. The van der Waals surface area contributed by atoms with Crippen molar-refractivity contribution in [1.29, 1.82) is 0 Å². The zero-order valence-corrected chi connectivity index (χ0v) is 16.9. The molecule has 0 spiro atoms. The Hall–Kier alpha value is -2.81. The molecule has 0 bridgehead atoms. The van der Waals surface area contributed by atoms with Crippen molar-refractivity contribution < 1.29 is 18.8 Å². The van der Waals surface area contributed by atoms with Crippen LogP contribution < -0.4 is 0 Å². The zero-order valence-electron chi connectivity index (χ0n) is 15.3. The molecule has 4 aromatic rings. The Kier molecular flexibility index (Phi) is 5.57. The summed E-state index contributed by atoms with van der Waals surface area (Å²) in [6.07, 6.45) is 5.09. The number of hydrogen-bond donors (Lipinski definition) is 1. The Bertz CT molecular complexity index is 1150. The average molecular weight is 461 g/mol. The van der Waals surface area contributed by atoms with Gasteiger partial charge >= 0.3 is 0 Å². The van der Waals surface area contributed by atoms with Gasteiger partial charge in [0.15, 0.2) is 0 Å². The smallest absolute Gasteiger partial charge is 0.290 e. The van der Waals surface area contributed by atoms with E-state index in [4.69, 9.17) is 19.4 Å². The van der Waals surface area contributed by atoms with Crippen LogP contribution >= 0.6 is 15.9 Å². The van der Waals surface area contributed by atoms with E-state index in [1.165, 1.54) is 0 Å². The normalized spacial score (nSPS) is 18.7. The van der Waals surface area contributed by atoms with Crippen LogP contribution in [0, 0.1) is 0 Å². The number of halogens is 2. The lowest BCUT2D eigenvalue weighted by Gasteiger charge is -2.17. The second-order valence-corrected chi connectivity index (χ2v) is 7.80. The van der Waals surface area contributed by atoms with Crippen molar-refractivity contribution in [2.45, 2.75) is 37.9 Å². The van der Waals surface area contributed by atoms with Gasteiger partial charge in [0.25, 0.3) is 6.47 Å². The fourth-order valence-corrected chi connectivity index (χ4v) is 4.31. The average Bonchev–Trinajstić information content (AvgIpc) is 3.42. The van der Waals surface area contributed by atoms with Gasteiger partial charge in [-0.05, 0) is 37.5 Å². The topological polar surface area (TPSA) is 94.0 Å². The first kappa shape index (κ1) is 19.5. The molecule has 9 heteroatoms. The molecule has 1 N–H and O–H groups in total. The number of aromatic nitrogens is 4. The van der Waals surface area contributed by atoms with Gasteiger partial charge in [-0.15, -0.1) is 0 Å². The maximum Gasteiger partial charge on any atom is 0.290 e. The molecule has 0 amide bonds. The third-order valence-electron chi connectivity index (χ3n) is 5.09. The highest BCUT2D eigenvalue weighted by Crippen LogP contribution is 2.38. The van der Waals surface area contributed by atoms with E-state index in [0.29, 0.717) is 19.3 Å². The molecule has 7 nitrogen and oxygen atoms in total. The molecule has 1 fully saturated rings. The number of carboxylic acid groups (broad SMARTS) is 1. The number of hydrogen-bond acceptors (Lipinski definition) is 5. The number of rotatable bonds is 3. The summed E-state index contributed by atoms with van der Waals surface area (Å²) >= 11 is 3.55. The second-order valence-electron chi connectivity index (χ2n) is 6.89. The molecule has 150 valence electrons. The number of pyridine rings is 1. The molecule has 1 aliphatic carbocycles. The Labute approximate surface area is 173 Å². The maximum atomic E-state index is 14.0. The van der Waals surface area contributed by atoms with Gasteiger partial charge in [-0.1, -0.05) is 21.1 Å². The van der Waals surface area contributed by atoms with Crippen molar-refractivity contribution in [3.63, 3.8) is 0 Å². The fourth-order valence-electron chi connectivity index (χ4n) is 3.94. The monoisotopic (exact) mass is 460 g/mol. The van der Waals surface area contributed by atoms with E-state index in [9.17, 15) is 4.39 Å². The van der Waals surface area contributed by atoms with Crippen molar-refractivity contribution in [3.8, 4) is 0 Å². The van der Waals surface area contributed by atoms with Gasteiger partial charge in [-0.2, -0.15) is 0 Å². The maximum absolute atomic E-state index is 14.0. The minimum Gasteiger partial charge on any atom is -0.483 e. The summed E-state index contributed by atoms with van der Waals surface area (Å²) in [7, 11) is 0. The molecule has 1 aromatic carbocycles. The number of alkyl halides is 1. The van der Waals surface area contributed by atoms with Gasteiger partial charge in [0.05, 0.1) is 29.3 Å². The van der Waals surface area contributed by atoms with Gasteiger partial charge in [0.2, 0.25) is 0 Å². The Morgan fingerprint density at radius 3 is 2.83 bits per heavy atom. The van der Waals surface area contributed by atoms with E-state index in [0.717, 1.165) is 44.3 Å². The molecule has 29 heavy (non-hydrogen) atoms. The molecule has 0 unspecified atom stereocenters. The summed E-state index contributed by atoms with van der Waals surface area (Å²) in [5.74, 6) is 0.877. The van der Waals surface area contributed by atoms with E-state index in [2.05, 4.69) is 36.7 Å². The van der Waals surface area contributed by atoms with Crippen LogP contribution in [0.15, 0.2) is 45.7 Å². The highest BCUT2D eigenvalue weighted by molar-refractivity contribution is 9.10. The second kappa shape index (κ2) is 8.28. The third-order valence-corrected chi connectivity index (χ3v) is 5.58. The summed E-state index contributed by atoms with van der Waals surface area (Å²) in [4.78, 5) is 17.7. The van der Waals surface area contributed by atoms with Gasteiger partial charge in [-0.25, -0.2) is 9.37 Å². The number of benzene rings is 1. The van der Waals surface area contributed by atoms with Crippen molar-refractivity contribution in [2.75, 3.05) is 0 Å². The van der Waals surface area contributed by atoms with E-state index >= 15 is 0 Å². The van der Waals surface area contributed by atoms with Crippen LogP contribution in [-0.2, 0) is 11.2 Å². The van der Waals surface area contributed by atoms with Crippen LogP contribution in [-0.4, -0.2) is 37.4 Å². The molecular formula is C20H18BrFN4O3. The molecule has 3 heterocycles. The molecule has 0 saturated heterocycles. The summed E-state index contributed by atoms with van der Waals surface area (Å²) in [6, 6.07) is 7.96. The minimum atomic E-state index is -0.753. The molecule has 3 aromatic heterocycles. The summed E-state index contributed by atoms with van der Waals surface area (Å²) in [6.45, 7) is -0.250. The highest BCUT2D eigenvalue weighted by atomic mass is 79.9. The van der Waals surface area contributed by atoms with Gasteiger partial charge in [0.1, 0.15) is 23.8 Å². The predicted octanol–water partition coefficient (Wildman–Crippen LogP) is 4.69. The van der Waals surface area contributed by atoms with Crippen LogP contribution in [0.25, 0.3) is 21.9 Å². The molecule has 5 rings (SSSR count). The minimum absolute atomic E-state index is 0.0986. The van der Waals surface area contributed by atoms with Crippen LogP contribution in [0.4, 0.5) is 4.39 Å². The van der Waals surface area contributed by atoms with Crippen LogP contribution in [0.5, 0.6) is 0 Å². The Morgan fingerprint density at radius 2 is 2.14 bits per heavy atom. The van der Waals surface area contributed by atoms with Gasteiger partial charge in [-0.3, -0.25) is 9.78 Å². The summed E-state index contributed by atoms with van der Waals surface area (Å²) in [5, 5.41) is 11.9. The fraction of sp³-hybridized carbons (Fsp3) is 0.300. The lowest BCUT2D eigenvalue weighted by atomic mass is 10.1. The molecule has 1 aliphatic rings. The van der Waals surface area contributed by atoms with Crippen LogP contribution in [0.3, 0.4) is 0 Å². The number of imidazole rings is 1. The van der Waals surface area contributed by atoms with Crippen LogP contribution in [0.2, 0.25) is 0 Å². The molecule has 2 atom stereocenters. The lowest BCUT2D eigenvalue weighted by molar-refractivity contribution is -0.122.